The van der Waals surface area contributed by atoms with Crippen molar-refractivity contribution in [2.24, 2.45) is 0 Å². The Hall–Kier alpha value is -3.78. The van der Waals surface area contributed by atoms with E-state index in [-0.39, 0.29) is 5.91 Å². The molecule has 0 spiro atoms. The third-order valence-corrected chi connectivity index (χ3v) is 3.87. The molecule has 1 heterocycles. The molecule has 140 valence electrons. The highest BCUT2D eigenvalue weighted by Crippen LogP contribution is 2.19. The van der Waals surface area contributed by atoms with Crippen molar-refractivity contribution in [1.29, 1.82) is 0 Å². The van der Waals surface area contributed by atoms with Crippen molar-refractivity contribution in [2.75, 3.05) is 12.4 Å². The molecule has 3 rings (SSSR count). The highest BCUT2D eigenvalue weighted by molar-refractivity contribution is 5.94. The first-order valence-corrected chi connectivity index (χ1v) is 8.79. The Morgan fingerprint density at radius 3 is 2.50 bits per heavy atom. The van der Waals surface area contributed by atoms with Gasteiger partial charge in [0, 0.05) is 17.4 Å². The molecule has 1 unspecified atom stereocenters. The predicted octanol–water partition coefficient (Wildman–Crippen LogP) is 3.90. The smallest absolute Gasteiger partial charge is 0.265 e. The number of ether oxygens (including phenoxy) is 2. The Morgan fingerprint density at radius 2 is 1.79 bits per heavy atom. The van der Waals surface area contributed by atoms with Crippen LogP contribution in [0.4, 0.5) is 5.69 Å². The molecule has 5 nitrogen and oxygen atoms in total. The van der Waals surface area contributed by atoms with Gasteiger partial charge >= 0.3 is 0 Å². The quantitative estimate of drug-likeness (QED) is 0.690. The maximum atomic E-state index is 12.4. The van der Waals surface area contributed by atoms with Gasteiger partial charge in [0.15, 0.2) is 6.10 Å². The number of pyridine rings is 1. The molecule has 5 heteroatoms. The number of carbonyl (C=O) groups is 1. The van der Waals surface area contributed by atoms with E-state index in [2.05, 4.69) is 22.1 Å². The minimum atomic E-state index is -0.656. The van der Waals surface area contributed by atoms with Gasteiger partial charge in [-0.05, 0) is 67.4 Å². The molecular weight excluding hydrogens is 352 g/mol. The summed E-state index contributed by atoms with van der Waals surface area (Å²) in [5.41, 5.74) is 2.13. The molecule has 2 aromatic carbocycles. The normalized spacial score (nSPS) is 10.9. The van der Waals surface area contributed by atoms with Gasteiger partial charge in [0.05, 0.1) is 7.11 Å². The van der Waals surface area contributed by atoms with Crippen LogP contribution >= 0.6 is 0 Å². The molecule has 0 saturated carbocycles. The topological polar surface area (TPSA) is 60.5 Å². The standard InChI is InChI=1S/C23H20N2O3/c1-17(28-22-13-11-21(27-2)12-14-22)23(26)25-20-8-5-6-18(16-20)9-10-19-7-3-4-15-24-19/h3-8,11-17H,1-2H3,(H,25,26). The van der Waals surface area contributed by atoms with Gasteiger partial charge in [-0.15, -0.1) is 0 Å². The molecule has 0 fully saturated rings. The fourth-order valence-electron chi connectivity index (χ4n) is 2.40. The fourth-order valence-corrected chi connectivity index (χ4v) is 2.40. The number of hydrogen-bond donors (Lipinski definition) is 1. The molecule has 0 bridgehead atoms. The van der Waals surface area contributed by atoms with Crippen LogP contribution in [0.3, 0.4) is 0 Å². The Balaban J connectivity index is 1.62. The summed E-state index contributed by atoms with van der Waals surface area (Å²) < 4.78 is 10.8. The van der Waals surface area contributed by atoms with Gasteiger partial charge in [-0.25, -0.2) is 4.98 Å². The first-order chi connectivity index (χ1) is 13.6. The maximum absolute atomic E-state index is 12.4. The van der Waals surface area contributed by atoms with E-state index in [0.717, 1.165) is 11.3 Å². The van der Waals surface area contributed by atoms with Crippen molar-refractivity contribution in [2.45, 2.75) is 13.0 Å². The van der Waals surface area contributed by atoms with Crippen molar-refractivity contribution >= 4 is 11.6 Å². The summed E-state index contributed by atoms with van der Waals surface area (Å²) in [6.07, 6.45) is 1.04. The number of amides is 1. The summed E-state index contributed by atoms with van der Waals surface area (Å²) in [6.45, 7) is 1.70. The monoisotopic (exact) mass is 372 g/mol. The highest BCUT2D eigenvalue weighted by atomic mass is 16.5. The van der Waals surface area contributed by atoms with Crippen molar-refractivity contribution in [3.63, 3.8) is 0 Å². The summed E-state index contributed by atoms with van der Waals surface area (Å²) in [7, 11) is 1.60. The fraction of sp³-hybridized carbons (Fsp3) is 0.130. The van der Waals surface area contributed by atoms with Gasteiger partial charge in [0.1, 0.15) is 17.2 Å². The lowest BCUT2D eigenvalue weighted by atomic mass is 10.2. The maximum Gasteiger partial charge on any atom is 0.265 e. The second-order valence-corrected chi connectivity index (χ2v) is 5.97. The van der Waals surface area contributed by atoms with Gasteiger partial charge < -0.3 is 14.8 Å². The van der Waals surface area contributed by atoms with E-state index in [9.17, 15) is 4.79 Å². The van der Waals surface area contributed by atoms with Gasteiger partial charge in [-0.2, -0.15) is 0 Å². The lowest BCUT2D eigenvalue weighted by Gasteiger charge is -2.15. The van der Waals surface area contributed by atoms with Crippen LogP contribution in [0.15, 0.2) is 72.9 Å². The van der Waals surface area contributed by atoms with Crippen LogP contribution < -0.4 is 14.8 Å². The molecule has 0 aliphatic heterocycles. The summed E-state index contributed by atoms with van der Waals surface area (Å²) in [6, 6.07) is 20.0. The van der Waals surface area contributed by atoms with Crippen molar-refractivity contribution in [1.82, 2.24) is 4.98 Å². The number of nitrogens with zero attached hydrogens (tertiary/aromatic N) is 1. The van der Waals surface area contributed by atoms with E-state index in [0.29, 0.717) is 17.1 Å². The summed E-state index contributed by atoms with van der Waals surface area (Å²) in [5, 5.41) is 2.85. The van der Waals surface area contributed by atoms with Crippen LogP contribution in [-0.4, -0.2) is 24.1 Å². The van der Waals surface area contributed by atoms with Crippen molar-refractivity contribution < 1.29 is 14.3 Å². The molecule has 1 amide bonds. The van der Waals surface area contributed by atoms with Crippen LogP contribution in [-0.2, 0) is 4.79 Å². The van der Waals surface area contributed by atoms with Crippen molar-refractivity contribution in [3.8, 4) is 23.3 Å². The Morgan fingerprint density at radius 1 is 1.00 bits per heavy atom. The molecule has 1 atom stereocenters. The van der Waals surface area contributed by atoms with E-state index >= 15 is 0 Å². The number of benzene rings is 2. The summed E-state index contributed by atoms with van der Waals surface area (Å²) >= 11 is 0. The van der Waals surface area contributed by atoms with E-state index in [1.54, 1.807) is 44.5 Å². The van der Waals surface area contributed by atoms with Crippen LogP contribution in [0.1, 0.15) is 18.2 Å². The Bertz CT molecular complexity index is 990. The first-order valence-electron chi connectivity index (χ1n) is 8.79. The highest BCUT2D eigenvalue weighted by Gasteiger charge is 2.15. The molecule has 0 aliphatic carbocycles. The molecular formula is C23H20N2O3. The number of rotatable bonds is 5. The van der Waals surface area contributed by atoms with Gasteiger partial charge in [-0.1, -0.05) is 18.1 Å². The number of aromatic nitrogens is 1. The zero-order valence-corrected chi connectivity index (χ0v) is 15.7. The Kier molecular flexibility index (Phi) is 6.27. The lowest BCUT2D eigenvalue weighted by Crippen LogP contribution is -2.30. The molecule has 28 heavy (non-hydrogen) atoms. The Labute approximate surface area is 164 Å². The predicted molar refractivity (Wildman–Crippen MR) is 108 cm³/mol. The third kappa shape index (κ3) is 5.36. The van der Waals surface area contributed by atoms with E-state index in [1.165, 1.54) is 0 Å². The number of carbonyl (C=O) groups excluding carboxylic acids is 1. The van der Waals surface area contributed by atoms with Gasteiger partial charge in [0.2, 0.25) is 0 Å². The number of hydrogen-bond acceptors (Lipinski definition) is 4. The molecule has 0 aliphatic rings. The number of nitrogens with one attached hydrogen (secondary N) is 1. The van der Waals surface area contributed by atoms with Crippen LogP contribution in [0.25, 0.3) is 0 Å². The van der Waals surface area contributed by atoms with Crippen LogP contribution in [0.5, 0.6) is 11.5 Å². The first kappa shape index (κ1) is 19.0. The number of anilines is 1. The average molecular weight is 372 g/mol. The van der Waals surface area contributed by atoms with Gasteiger partial charge in [0.25, 0.3) is 5.91 Å². The summed E-state index contributed by atoms with van der Waals surface area (Å²) in [5.74, 6) is 7.13. The van der Waals surface area contributed by atoms with E-state index in [4.69, 9.17) is 9.47 Å². The van der Waals surface area contributed by atoms with Gasteiger partial charge in [-0.3, -0.25) is 4.79 Å². The molecule has 1 aromatic heterocycles. The average Bonchev–Trinajstić information content (AvgIpc) is 2.74. The number of methoxy groups -OCH3 is 1. The van der Waals surface area contributed by atoms with Crippen LogP contribution in [0, 0.1) is 11.8 Å². The zero-order chi connectivity index (χ0) is 19.8. The van der Waals surface area contributed by atoms with E-state index in [1.807, 2.05) is 42.5 Å². The van der Waals surface area contributed by atoms with Crippen molar-refractivity contribution in [3.05, 3.63) is 84.2 Å². The molecule has 0 saturated heterocycles. The minimum Gasteiger partial charge on any atom is -0.497 e. The molecule has 0 radical (unpaired) electrons. The van der Waals surface area contributed by atoms with E-state index < -0.39 is 6.10 Å². The summed E-state index contributed by atoms with van der Waals surface area (Å²) in [4.78, 5) is 16.6. The van der Waals surface area contributed by atoms with Crippen LogP contribution in [0.2, 0.25) is 0 Å². The second kappa shape index (κ2) is 9.24. The molecule has 3 aromatic rings. The SMILES string of the molecule is COc1ccc(OC(C)C(=O)Nc2cccc(C#Cc3ccccn3)c2)cc1. The largest absolute Gasteiger partial charge is 0.497 e. The third-order valence-electron chi connectivity index (χ3n) is 3.87. The second-order valence-electron chi connectivity index (χ2n) is 5.97. The molecule has 1 N–H and O–H groups in total. The zero-order valence-electron chi connectivity index (χ0n) is 15.7. The lowest BCUT2D eigenvalue weighted by molar-refractivity contribution is -0.122. The minimum absolute atomic E-state index is 0.245.